The molecule has 0 atom stereocenters. The van der Waals surface area contributed by atoms with Crippen LogP contribution in [0.25, 0.3) is 0 Å². The van der Waals surface area contributed by atoms with Crippen molar-refractivity contribution in [1.82, 2.24) is 0 Å². The summed E-state index contributed by atoms with van der Waals surface area (Å²) in [6.07, 6.45) is 3.21. The normalized spacial score (nSPS) is 20.2. The Balaban J connectivity index is 2.02. The Hall–Kier alpha value is -2.04. The zero-order valence-electron chi connectivity index (χ0n) is 8.90. The second-order valence-electron chi connectivity index (χ2n) is 4.12. The molecule has 2 heterocycles. The van der Waals surface area contributed by atoms with Gasteiger partial charge in [0, 0.05) is 5.69 Å². The fourth-order valence-electron chi connectivity index (χ4n) is 2.12. The molecule has 0 saturated heterocycles. The summed E-state index contributed by atoms with van der Waals surface area (Å²) >= 11 is 0. The minimum Gasteiger partial charge on any atom is -0.456 e. The van der Waals surface area contributed by atoms with E-state index in [4.69, 9.17) is 9.47 Å². The van der Waals surface area contributed by atoms with Crippen LogP contribution in [-0.2, 0) is 20.7 Å². The molecule has 0 saturated carbocycles. The van der Waals surface area contributed by atoms with Crippen molar-refractivity contribution in [3.05, 3.63) is 42.1 Å². The molecule has 3 rings (SSSR count). The van der Waals surface area contributed by atoms with Crippen LogP contribution in [0.3, 0.4) is 0 Å². The van der Waals surface area contributed by atoms with Crippen LogP contribution >= 0.6 is 0 Å². The number of anilines is 1. The van der Waals surface area contributed by atoms with E-state index in [0.29, 0.717) is 17.7 Å². The molecule has 0 fully saturated rings. The summed E-state index contributed by atoms with van der Waals surface area (Å²) in [4.78, 5) is 11.7. The van der Waals surface area contributed by atoms with Crippen molar-refractivity contribution in [3.8, 4) is 0 Å². The molecule has 0 aromatic heterocycles. The SMILES string of the molecule is O=C1CC2(Cc3cc(F)ccc3N1)OC=CO2. The number of carbonyl (C=O) groups excluding carboxylic acids is 1. The molecule has 2 aliphatic rings. The van der Waals surface area contributed by atoms with Gasteiger partial charge < -0.3 is 14.8 Å². The molecule has 1 aromatic rings. The summed E-state index contributed by atoms with van der Waals surface area (Å²) in [6.45, 7) is 0. The summed E-state index contributed by atoms with van der Waals surface area (Å²) in [5, 5.41) is 2.71. The highest BCUT2D eigenvalue weighted by atomic mass is 19.1. The van der Waals surface area contributed by atoms with E-state index in [2.05, 4.69) is 5.32 Å². The highest BCUT2D eigenvalue weighted by Crippen LogP contribution is 2.34. The summed E-state index contributed by atoms with van der Waals surface area (Å²) < 4.78 is 23.9. The Morgan fingerprint density at radius 1 is 1.24 bits per heavy atom. The Morgan fingerprint density at radius 3 is 2.76 bits per heavy atom. The number of nitrogens with one attached hydrogen (secondary N) is 1. The van der Waals surface area contributed by atoms with Crippen molar-refractivity contribution in [2.45, 2.75) is 18.6 Å². The van der Waals surface area contributed by atoms with Crippen LogP contribution in [0.2, 0.25) is 0 Å². The van der Waals surface area contributed by atoms with Gasteiger partial charge in [0.25, 0.3) is 5.79 Å². The smallest absolute Gasteiger partial charge is 0.262 e. The van der Waals surface area contributed by atoms with Crippen LogP contribution < -0.4 is 5.32 Å². The molecule has 1 aromatic carbocycles. The molecule has 5 heteroatoms. The molecule has 0 aliphatic carbocycles. The van der Waals surface area contributed by atoms with Crippen molar-refractivity contribution < 1.29 is 18.7 Å². The maximum Gasteiger partial charge on any atom is 0.262 e. The van der Waals surface area contributed by atoms with E-state index in [0.717, 1.165) is 0 Å². The molecule has 1 amide bonds. The lowest BCUT2D eigenvalue weighted by molar-refractivity contribution is -0.155. The van der Waals surface area contributed by atoms with Gasteiger partial charge in [0.05, 0.1) is 6.42 Å². The first-order chi connectivity index (χ1) is 8.17. The zero-order chi connectivity index (χ0) is 11.9. The number of carbonyl (C=O) groups is 1. The van der Waals surface area contributed by atoms with Gasteiger partial charge in [0.15, 0.2) is 0 Å². The Labute approximate surface area is 97.0 Å². The van der Waals surface area contributed by atoms with Crippen molar-refractivity contribution >= 4 is 11.6 Å². The lowest BCUT2D eigenvalue weighted by Gasteiger charge is -2.25. The highest BCUT2D eigenvalue weighted by molar-refractivity contribution is 5.93. The van der Waals surface area contributed by atoms with Gasteiger partial charge in [0.1, 0.15) is 24.8 Å². The number of hydrogen-bond donors (Lipinski definition) is 1. The monoisotopic (exact) mass is 235 g/mol. The third kappa shape index (κ3) is 1.73. The molecule has 17 heavy (non-hydrogen) atoms. The van der Waals surface area contributed by atoms with Crippen molar-refractivity contribution in [3.63, 3.8) is 0 Å². The topological polar surface area (TPSA) is 47.6 Å². The number of ether oxygens (including phenoxy) is 2. The van der Waals surface area contributed by atoms with Crippen LogP contribution in [0.1, 0.15) is 12.0 Å². The summed E-state index contributed by atoms with van der Waals surface area (Å²) in [6, 6.07) is 4.24. The van der Waals surface area contributed by atoms with E-state index in [1.807, 2.05) is 0 Å². The number of rotatable bonds is 0. The van der Waals surface area contributed by atoms with Crippen LogP contribution in [-0.4, -0.2) is 11.7 Å². The second kappa shape index (κ2) is 3.48. The lowest BCUT2D eigenvalue weighted by Crippen LogP contribution is -2.35. The first-order valence-corrected chi connectivity index (χ1v) is 5.26. The quantitative estimate of drug-likeness (QED) is 0.747. The fraction of sp³-hybridized carbons (Fsp3) is 0.250. The Morgan fingerprint density at radius 2 is 2.00 bits per heavy atom. The van der Waals surface area contributed by atoms with Gasteiger partial charge in [-0.25, -0.2) is 4.39 Å². The number of benzene rings is 1. The molecule has 1 spiro atoms. The number of hydrogen-bond acceptors (Lipinski definition) is 3. The van der Waals surface area contributed by atoms with E-state index >= 15 is 0 Å². The largest absolute Gasteiger partial charge is 0.456 e. The van der Waals surface area contributed by atoms with E-state index in [-0.39, 0.29) is 18.1 Å². The molecule has 2 aliphatic heterocycles. The van der Waals surface area contributed by atoms with Crippen molar-refractivity contribution in [2.75, 3.05) is 5.32 Å². The van der Waals surface area contributed by atoms with Crippen LogP contribution in [0.15, 0.2) is 30.7 Å². The van der Waals surface area contributed by atoms with Crippen LogP contribution in [0, 0.1) is 5.82 Å². The van der Waals surface area contributed by atoms with Gasteiger partial charge in [0.2, 0.25) is 5.91 Å². The van der Waals surface area contributed by atoms with Crippen molar-refractivity contribution in [1.29, 1.82) is 0 Å². The van der Waals surface area contributed by atoms with E-state index < -0.39 is 5.79 Å². The van der Waals surface area contributed by atoms with Crippen LogP contribution in [0.4, 0.5) is 10.1 Å². The predicted octanol–water partition coefficient (Wildman–Crippen LogP) is 1.92. The third-order valence-corrected chi connectivity index (χ3v) is 2.85. The number of amides is 1. The van der Waals surface area contributed by atoms with E-state index in [9.17, 15) is 9.18 Å². The summed E-state index contributed by atoms with van der Waals surface area (Å²) in [5.41, 5.74) is 1.27. The standard InChI is InChI=1S/C12H10FNO3/c13-9-1-2-10-8(5-9)6-12(7-11(15)14-10)16-3-4-17-12/h1-5H,6-7H2,(H,14,15). The van der Waals surface area contributed by atoms with Crippen molar-refractivity contribution in [2.24, 2.45) is 0 Å². The molecule has 0 radical (unpaired) electrons. The molecule has 1 N–H and O–H groups in total. The van der Waals surface area contributed by atoms with Gasteiger partial charge in [-0.05, 0) is 23.8 Å². The average Bonchev–Trinajstić information content (AvgIpc) is 2.64. The zero-order valence-corrected chi connectivity index (χ0v) is 8.90. The molecular weight excluding hydrogens is 225 g/mol. The average molecular weight is 235 g/mol. The Kier molecular flexibility index (Phi) is 2.07. The number of halogens is 1. The first kappa shape index (κ1) is 10.1. The van der Waals surface area contributed by atoms with E-state index in [1.54, 1.807) is 6.07 Å². The molecular formula is C12H10FNO3. The highest BCUT2D eigenvalue weighted by Gasteiger charge is 2.41. The van der Waals surface area contributed by atoms with Crippen LogP contribution in [0.5, 0.6) is 0 Å². The second-order valence-corrected chi connectivity index (χ2v) is 4.12. The lowest BCUT2D eigenvalue weighted by atomic mass is 10.0. The van der Waals surface area contributed by atoms with Gasteiger partial charge in [-0.15, -0.1) is 0 Å². The number of fused-ring (bicyclic) bond motifs is 1. The maximum atomic E-state index is 13.2. The minimum atomic E-state index is -1.02. The Bertz CT molecular complexity index is 504. The van der Waals surface area contributed by atoms with Gasteiger partial charge in [-0.3, -0.25) is 4.79 Å². The predicted molar refractivity (Wildman–Crippen MR) is 57.4 cm³/mol. The van der Waals surface area contributed by atoms with Gasteiger partial charge >= 0.3 is 0 Å². The van der Waals surface area contributed by atoms with Gasteiger partial charge in [-0.2, -0.15) is 0 Å². The van der Waals surface area contributed by atoms with E-state index in [1.165, 1.54) is 24.7 Å². The minimum absolute atomic E-state index is 0.0797. The molecule has 0 bridgehead atoms. The molecule has 0 unspecified atom stereocenters. The maximum absolute atomic E-state index is 13.2. The third-order valence-electron chi connectivity index (χ3n) is 2.85. The summed E-state index contributed by atoms with van der Waals surface area (Å²) in [7, 11) is 0. The molecule has 88 valence electrons. The van der Waals surface area contributed by atoms with Gasteiger partial charge in [-0.1, -0.05) is 0 Å². The first-order valence-electron chi connectivity index (χ1n) is 5.26. The molecule has 4 nitrogen and oxygen atoms in total. The fourth-order valence-corrected chi connectivity index (χ4v) is 2.12. The summed E-state index contributed by atoms with van der Waals surface area (Å²) in [5.74, 6) is -1.58.